The topological polar surface area (TPSA) is 24.5 Å². The van der Waals surface area contributed by atoms with Crippen molar-refractivity contribution in [3.05, 3.63) is 29.8 Å². The molecule has 2 bridgehead atoms. The van der Waals surface area contributed by atoms with Crippen LogP contribution >= 0.6 is 0 Å². The highest BCUT2D eigenvalue weighted by molar-refractivity contribution is 5.54. The van der Waals surface area contributed by atoms with E-state index >= 15 is 0 Å². The minimum Gasteiger partial charge on any atom is -0.371 e. The summed E-state index contributed by atoms with van der Waals surface area (Å²) >= 11 is 0. The smallest absolute Gasteiger partial charge is 0.0755 e. The van der Waals surface area contributed by atoms with Crippen LogP contribution in [0, 0.1) is 0 Å². The van der Waals surface area contributed by atoms with Crippen molar-refractivity contribution in [2.75, 3.05) is 25.0 Å². The van der Waals surface area contributed by atoms with Crippen LogP contribution in [-0.2, 0) is 11.3 Å². The molecule has 1 aromatic carbocycles. The van der Waals surface area contributed by atoms with E-state index in [9.17, 15) is 0 Å². The van der Waals surface area contributed by atoms with Crippen LogP contribution in [0.5, 0.6) is 0 Å². The lowest BCUT2D eigenvalue weighted by molar-refractivity contribution is 0.0304. The summed E-state index contributed by atoms with van der Waals surface area (Å²) in [5, 5.41) is 3.24. The third-order valence-electron chi connectivity index (χ3n) is 3.74. The average Bonchev–Trinajstić information content (AvgIpc) is 2.69. The molecule has 0 saturated carbocycles. The molecule has 0 aromatic heterocycles. The summed E-state index contributed by atoms with van der Waals surface area (Å²) in [6.07, 6.45) is 3.37. The molecule has 2 aliphatic rings. The number of hydrogen-bond acceptors (Lipinski definition) is 3. The summed E-state index contributed by atoms with van der Waals surface area (Å²) in [6, 6.07) is 8.69. The Kier molecular flexibility index (Phi) is 3.04. The monoisotopic (exact) mass is 232 g/mol. The van der Waals surface area contributed by atoms with Gasteiger partial charge in [-0.05, 0) is 31.5 Å². The quantitative estimate of drug-likeness (QED) is 0.859. The van der Waals surface area contributed by atoms with Crippen LogP contribution in [0.4, 0.5) is 5.69 Å². The van der Waals surface area contributed by atoms with Gasteiger partial charge < -0.3 is 15.0 Å². The Hall–Kier alpha value is -1.06. The van der Waals surface area contributed by atoms with Gasteiger partial charge in [-0.15, -0.1) is 0 Å². The molecule has 1 aromatic rings. The standard InChI is InChI=1S/C14H20N2O/c1-15-8-11-4-2-3-5-14(11)16-9-12-6-7-13(10-16)17-12/h2-5,12-13,15H,6-10H2,1H3. The highest BCUT2D eigenvalue weighted by Crippen LogP contribution is 2.31. The van der Waals surface area contributed by atoms with Gasteiger partial charge in [0.05, 0.1) is 12.2 Å². The van der Waals surface area contributed by atoms with Gasteiger partial charge in [0, 0.05) is 25.3 Å². The van der Waals surface area contributed by atoms with Crippen molar-refractivity contribution in [1.29, 1.82) is 0 Å². The maximum Gasteiger partial charge on any atom is 0.0755 e. The van der Waals surface area contributed by atoms with Crippen LogP contribution in [0.25, 0.3) is 0 Å². The Labute approximate surface area is 103 Å². The first-order chi connectivity index (χ1) is 8.36. The molecule has 0 radical (unpaired) electrons. The second-order valence-corrected chi connectivity index (χ2v) is 5.02. The van der Waals surface area contributed by atoms with Crippen LogP contribution in [0.15, 0.2) is 24.3 Å². The number of morpholine rings is 1. The molecule has 0 amide bonds. The summed E-state index contributed by atoms with van der Waals surface area (Å²) < 4.78 is 5.89. The summed E-state index contributed by atoms with van der Waals surface area (Å²) in [4.78, 5) is 2.50. The van der Waals surface area contributed by atoms with Crippen molar-refractivity contribution in [2.24, 2.45) is 0 Å². The first-order valence-corrected chi connectivity index (χ1v) is 6.49. The van der Waals surface area contributed by atoms with Crippen LogP contribution in [0.1, 0.15) is 18.4 Å². The number of para-hydroxylation sites is 1. The lowest BCUT2D eigenvalue weighted by Gasteiger charge is -2.35. The molecular weight excluding hydrogens is 212 g/mol. The van der Waals surface area contributed by atoms with Gasteiger partial charge >= 0.3 is 0 Å². The molecule has 2 unspecified atom stereocenters. The average molecular weight is 232 g/mol. The summed E-state index contributed by atoms with van der Waals surface area (Å²) in [6.45, 7) is 3.04. The molecule has 2 heterocycles. The largest absolute Gasteiger partial charge is 0.371 e. The van der Waals surface area contributed by atoms with E-state index in [2.05, 4.69) is 34.5 Å². The number of hydrogen-bond donors (Lipinski definition) is 1. The lowest BCUT2D eigenvalue weighted by Crippen LogP contribution is -2.43. The maximum atomic E-state index is 5.89. The maximum absolute atomic E-state index is 5.89. The Bertz CT molecular complexity index is 382. The van der Waals surface area contributed by atoms with Gasteiger partial charge in [0.2, 0.25) is 0 Å². The number of ether oxygens (including phenoxy) is 1. The number of benzene rings is 1. The lowest BCUT2D eigenvalue weighted by atomic mass is 10.1. The second-order valence-electron chi connectivity index (χ2n) is 5.02. The van der Waals surface area contributed by atoms with Gasteiger partial charge in [-0.25, -0.2) is 0 Å². The summed E-state index contributed by atoms with van der Waals surface area (Å²) in [7, 11) is 2.00. The van der Waals surface area contributed by atoms with Crippen molar-refractivity contribution in [3.63, 3.8) is 0 Å². The second kappa shape index (κ2) is 4.67. The van der Waals surface area contributed by atoms with E-state index in [0.717, 1.165) is 19.6 Å². The van der Waals surface area contributed by atoms with Crippen molar-refractivity contribution in [1.82, 2.24) is 5.32 Å². The first-order valence-electron chi connectivity index (χ1n) is 6.49. The van der Waals surface area contributed by atoms with E-state index < -0.39 is 0 Å². The van der Waals surface area contributed by atoms with Crippen molar-refractivity contribution in [2.45, 2.75) is 31.6 Å². The van der Waals surface area contributed by atoms with Crippen molar-refractivity contribution < 1.29 is 4.74 Å². The SMILES string of the molecule is CNCc1ccccc1N1CC2CCC(C1)O2. The highest BCUT2D eigenvalue weighted by Gasteiger charge is 2.34. The van der Waals surface area contributed by atoms with Gasteiger partial charge in [0.15, 0.2) is 0 Å². The number of nitrogens with zero attached hydrogens (tertiary/aromatic N) is 1. The zero-order valence-electron chi connectivity index (χ0n) is 10.4. The highest BCUT2D eigenvalue weighted by atomic mass is 16.5. The summed E-state index contributed by atoms with van der Waals surface area (Å²) in [5.41, 5.74) is 2.76. The van der Waals surface area contributed by atoms with Gasteiger partial charge in [0.1, 0.15) is 0 Å². The molecule has 3 rings (SSSR count). The molecule has 3 heteroatoms. The Morgan fingerprint density at radius 2 is 1.94 bits per heavy atom. The van der Waals surface area contributed by atoms with Gasteiger partial charge in [-0.1, -0.05) is 18.2 Å². The Morgan fingerprint density at radius 3 is 2.65 bits per heavy atom. The van der Waals surface area contributed by atoms with E-state index in [1.54, 1.807) is 0 Å². The molecule has 2 fully saturated rings. The van der Waals surface area contributed by atoms with Crippen LogP contribution < -0.4 is 10.2 Å². The van der Waals surface area contributed by atoms with E-state index in [4.69, 9.17) is 4.74 Å². The predicted molar refractivity (Wildman–Crippen MR) is 69.3 cm³/mol. The number of rotatable bonds is 3. The van der Waals surface area contributed by atoms with Gasteiger partial charge in [-0.3, -0.25) is 0 Å². The molecule has 3 nitrogen and oxygen atoms in total. The molecule has 1 N–H and O–H groups in total. The fourth-order valence-corrected chi connectivity index (χ4v) is 2.97. The Balaban J connectivity index is 1.83. The third-order valence-corrected chi connectivity index (χ3v) is 3.74. The molecule has 2 saturated heterocycles. The normalized spacial score (nSPS) is 27.5. The van der Waals surface area contributed by atoms with E-state index in [-0.39, 0.29) is 0 Å². The number of nitrogens with one attached hydrogen (secondary N) is 1. The fraction of sp³-hybridized carbons (Fsp3) is 0.571. The van der Waals surface area contributed by atoms with Crippen LogP contribution in [-0.4, -0.2) is 32.3 Å². The zero-order chi connectivity index (χ0) is 11.7. The van der Waals surface area contributed by atoms with Crippen molar-refractivity contribution in [3.8, 4) is 0 Å². The van der Waals surface area contributed by atoms with Gasteiger partial charge in [0.25, 0.3) is 0 Å². The van der Waals surface area contributed by atoms with Gasteiger partial charge in [-0.2, -0.15) is 0 Å². The number of anilines is 1. The number of fused-ring (bicyclic) bond motifs is 2. The molecule has 2 atom stereocenters. The zero-order valence-corrected chi connectivity index (χ0v) is 10.4. The van der Waals surface area contributed by atoms with Crippen molar-refractivity contribution >= 4 is 5.69 Å². The van der Waals surface area contributed by atoms with Crippen LogP contribution in [0.2, 0.25) is 0 Å². The molecule has 17 heavy (non-hydrogen) atoms. The Morgan fingerprint density at radius 1 is 1.24 bits per heavy atom. The van der Waals surface area contributed by atoms with E-state index in [1.807, 2.05) is 7.05 Å². The third kappa shape index (κ3) is 2.17. The molecular formula is C14H20N2O. The van der Waals surface area contributed by atoms with Crippen LogP contribution in [0.3, 0.4) is 0 Å². The molecule has 0 spiro atoms. The first kappa shape index (κ1) is 11.1. The van der Waals surface area contributed by atoms with E-state index in [1.165, 1.54) is 24.1 Å². The molecule has 0 aliphatic carbocycles. The molecule has 92 valence electrons. The predicted octanol–water partition coefficient (Wildman–Crippen LogP) is 1.77. The molecule has 2 aliphatic heterocycles. The fourth-order valence-electron chi connectivity index (χ4n) is 2.97. The minimum atomic E-state index is 0.455. The minimum absolute atomic E-state index is 0.455. The van der Waals surface area contributed by atoms with E-state index in [0.29, 0.717) is 12.2 Å². The summed E-state index contributed by atoms with van der Waals surface area (Å²) in [5.74, 6) is 0.